The van der Waals surface area contributed by atoms with E-state index in [1.807, 2.05) is 0 Å². The van der Waals surface area contributed by atoms with Gasteiger partial charge in [-0.3, -0.25) is 28.8 Å². The van der Waals surface area contributed by atoms with E-state index in [4.69, 9.17) is 15.3 Å². The number of hydrogen-bond donors (Lipinski definition) is 11. The van der Waals surface area contributed by atoms with Crippen molar-refractivity contribution in [2.45, 2.75) is 50.6 Å². The average molecular weight is 706 g/mol. The fourth-order valence-electron chi connectivity index (χ4n) is 3.82. The van der Waals surface area contributed by atoms with Gasteiger partial charge >= 0.3 is 0 Å². The van der Waals surface area contributed by atoms with E-state index in [1.54, 1.807) is 0 Å². The van der Waals surface area contributed by atoms with Crippen molar-refractivity contribution in [3.63, 3.8) is 0 Å². The zero-order chi connectivity index (χ0) is 33.8. The predicted molar refractivity (Wildman–Crippen MR) is 150 cm³/mol. The van der Waals surface area contributed by atoms with Crippen LogP contribution in [0.2, 0.25) is 0 Å². The summed E-state index contributed by atoms with van der Waals surface area (Å²) in [6.45, 7) is -4.18. The molecule has 0 radical (unpaired) electrons. The molecule has 46 heavy (non-hydrogen) atoms. The van der Waals surface area contributed by atoms with Crippen LogP contribution in [0.3, 0.4) is 0 Å². The van der Waals surface area contributed by atoms with Gasteiger partial charge in [-0.2, -0.15) is 15.2 Å². The van der Waals surface area contributed by atoms with Crippen molar-refractivity contribution in [3.8, 4) is 0 Å². The molecule has 1 aliphatic rings. The molecule has 21 nitrogen and oxygen atoms in total. The Hall–Kier alpha value is -3.15. The van der Waals surface area contributed by atoms with Gasteiger partial charge in [0.1, 0.15) is 38.0 Å². The van der Waals surface area contributed by atoms with Crippen LogP contribution in [-0.2, 0) is 45.8 Å². The molecule has 0 saturated heterocycles. The maximum absolute atomic E-state index is 13.3. The Balaban J connectivity index is 0.0000202. The molecule has 22 heteroatoms. The normalized spacial score (nSPS) is 19.4. The Morgan fingerprint density at radius 1 is 0.630 bits per heavy atom. The van der Waals surface area contributed by atoms with Gasteiger partial charge in [0, 0.05) is 36.7 Å². The molecule has 11 N–H and O–H groups in total. The van der Waals surface area contributed by atoms with Gasteiger partial charge in [-0.05, 0) is 38.5 Å². The summed E-state index contributed by atoms with van der Waals surface area (Å²) < 4.78 is 0. The number of nitrogens with zero attached hydrogens (tertiary/aromatic N) is 4. The van der Waals surface area contributed by atoms with Crippen molar-refractivity contribution in [2.75, 3.05) is 59.5 Å². The van der Waals surface area contributed by atoms with Gasteiger partial charge in [0.15, 0.2) is 0 Å². The Labute approximate surface area is 274 Å². The third kappa shape index (κ3) is 18.1. The zero-order valence-corrected chi connectivity index (χ0v) is 26.1. The number of rotatable bonds is 15. The smallest absolute Gasteiger partial charge is 0.268 e. The number of amides is 6. The Morgan fingerprint density at radius 2 is 1.09 bits per heavy atom. The standard InChI is InChI=1S/C24H43N9O12.Fe/c34-13-31(43)7-1-4-16-22(40)27-11-20(38)25-10-19(37)26-12-21(39)28-17(5-2-8-32(44)14-35)23(41)30-18(24(42)29-16)6-3-9-33(45)15-36;/h17-18,34-36,43-45H,1-15H2,(H,25,38)(H,26,37)(H,27,40)(H,28,39)(H,30,41);. The molecular weight excluding hydrogens is 662 g/mol. The van der Waals surface area contributed by atoms with Crippen molar-refractivity contribution < 1.29 is 76.8 Å². The van der Waals surface area contributed by atoms with Gasteiger partial charge in [-0.1, -0.05) is 0 Å². The molecule has 0 bridgehead atoms. The summed E-state index contributed by atoms with van der Waals surface area (Å²) in [5, 5.41) is 68.9. The summed E-state index contributed by atoms with van der Waals surface area (Å²) in [5.74, 6) is -5.13. The SMILES string of the molecule is O=C1CNC(=O)CNC(=O)C(CCCN(O)CO)=NC(=O)C(CCCN(O)CO)NC(=O)C(CCCN(O)CO)NC(=O)CN1.[Fe]. The van der Waals surface area contributed by atoms with Crippen LogP contribution in [0.25, 0.3) is 0 Å². The molecule has 0 fully saturated rings. The molecule has 2 atom stereocenters. The second-order valence-corrected chi connectivity index (χ2v) is 9.82. The van der Waals surface area contributed by atoms with Gasteiger partial charge in [-0.15, -0.1) is 0 Å². The maximum Gasteiger partial charge on any atom is 0.268 e. The number of aliphatic hydroxyl groups excluding tert-OH is 3. The zero-order valence-electron chi connectivity index (χ0n) is 25.0. The van der Waals surface area contributed by atoms with Gasteiger partial charge < -0.3 is 57.5 Å². The second kappa shape index (κ2) is 24.1. The van der Waals surface area contributed by atoms with Crippen LogP contribution in [0.15, 0.2) is 4.99 Å². The third-order valence-electron chi connectivity index (χ3n) is 6.21. The van der Waals surface area contributed by atoms with Gasteiger partial charge in [-0.25, -0.2) is 4.99 Å². The quantitative estimate of drug-likeness (QED) is 0.0430. The van der Waals surface area contributed by atoms with E-state index in [0.29, 0.717) is 15.2 Å². The van der Waals surface area contributed by atoms with Crippen LogP contribution in [0, 0.1) is 0 Å². The number of hydroxylamine groups is 6. The van der Waals surface area contributed by atoms with Crippen molar-refractivity contribution in [1.82, 2.24) is 41.8 Å². The summed E-state index contributed by atoms with van der Waals surface area (Å²) in [7, 11) is 0. The van der Waals surface area contributed by atoms with Crippen molar-refractivity contribution in [3.05, 3.63) is 0 Å². The molecule has 0 aromatic rings. The third-order valence-corrected chi connectivity index (χ3v) is 6.21. The Bertz CT molecular complexity index is 1040. The number of carbonyl (C=O) groups is 6. The molecule has 1 aliphatic heterocycles. The summed E-state index contributed by atoms with van der Waals surface area (Å²) in [6, 6.07) is -2.71. The van der Waals surface area contributed by atoms with E-state index in [2.05, 4.69) is 31.6 Å². The van der Waals surface area contributed by atoms with E-state index < -0.39 is 87.4 Å². The number of carbonyl (C=O) groups excluding carboxylic acids is 6. The number of nitrogens with one attached hydrogen (secondary N) is 5. The minimum absolute atomic E-state index is 0. The topological polar surface area (TPSA) is 306 Å². The minimum atomic E-state index is -1.41. The van der Waals surface area contributed by atoms with E-state index in [1.165, 1.54) is 0 Å². The summed E-state index contributed by atoms with van der Waals surface area (Å²) >= 11 is 0. The van der Waals surface area contributed by atoms with Gasteiger partial charge in [0.2, 0.25) is 23.6 Å². The molecular formula is C24H43FeN9O12. The van der Waals surface area contributed by atoms with Gasteiger partial charge in [0.05, 0.1) is 19.6 Å². The molecule has 0 aliphatic carbocycles. The van der Waals surface area contributed by atoms with E-state index >= 15 is 0 Å². The summed E-state index contributed by atoms with van der Waals surface area (Å²) in [6.07, 6.45) is -0.299. The molecule has 1 heterocycles. The minimum Gasteiger partial charge on any atom is -0.379 e. The second-order valence-electron chi connectivity index (χ2n) is 9.82. The predicted octanol–water partition coefficient (Wildman–Crippen LogP) is -5.45. The number of hydrogen-bond acceptors (Lipinski definition) is 15. The van der Waals surface area contributed by atoms with Crippen LogP contribution < -0.4 is 26.6 Å². The molecule has 6 amide bonds. The molecule has 0 aromatic heterocycles. The van der Waals surface area contributed by atoms with Crippen LogP contribution in [0.5, 0.6) is 0 Å². The largest absolute Gasteiger partial charge is 0.379 e. The summed E-state index contributed by atoms with van der Waals surface area (Å²) in [4.78, 5) is 80.2. The first-order chi connectivity index (χ1) is 21.4. The molecule has 0 saturated carbocycles. The van der Waals surface area contributed by atoms with E-state index in [0.717, 1.165) is 0 Å². The van der Waals surface area contributed by atoms with Crippen LogP contribution in [0.1, 0.15) is 38.5 Å². The average Bonchev–Trinajstić information content (AvgIpc) is 3.02. The van der Waals surface area contributed by atoms with Crippen molar-refractivity contribution in [2.24, 2.45) is 4.99 Å². The fraction of sp³-hybridized carbons (Fsp3) is 0.708. The maximum atomic E-state index is 13.3. The van der Waals surface area contributed by atoms with Crippen molar-refractivity contribution in [1.29, 1.82) is 0 Å². The Morgan fingerprint density at radius 3 is 1.61 bits per heavy atom. The number of aliphatic hydroxyl groups is 3. The first-order valence-corrected chi connectivity index (χ1v) is 14.1. The van der Waals surface area contributed by atoms with E-state index in [9.17, 15) is 44.4 Å². The van der Waals surface area contributed by atoms with Crippen molar-refractivity contribution >= 4 is 41.2 Å². The molecule has 0 aromatic carbocycles. The van der Waals surface area contributed by atoms with Gasteiger partial charge in [0.25, 0.3) is 11.8 Å². The molecule has 264 valence electrons. The molecule has 1 rings (SSSR count). The van der Waals surface area contributed by atoms with Crippen LogP contribution in [0.4, 0.5) is 0 Å². The molecule has 0 spiro atoms. The monoisotopic (exact) mass is 705 g/mol. The molecule has 2 unspecified atom stereocenters. The van der Waals surface area contributed by atoms with Crippen LogP contribution >= 0.6 is 0 Å². The number of aliphatic imine (C=N–C) groups is 1. The first-order valence-electron chi connectivity index (χ1n) is 14.1. The summed E-state index contributed by atoms with van der Waals surface area (Å²) in [5.41, 5.74) is -0.381. The van der Waals surface area contributed by atoms with E-state index in [-0.39, 0.29) is 80.9 Å². The first kappa shape index (κ1) is 42.8. The fourth-order valence-corrected chi connectivity index (χ4v) is 3.82. The Kier molecular flexibility index (Phi) is 22.4. The van der Waals surface area contributed by atoms with Crippen LogP contribution in [-0.4, -0.2) is 159 Å².